The van der Waals surface area contributed by atoms with Gasteiger partial charge in [0, 0.05) is 38.4 Å². The van der Waals surface area contributed by atoms with Crippen LogP contribution >= 0.6 is 12.4 Å². The van der Waals surface area contributed by atoms with E-state index in [4.69, 9.17) is 0 Å². The molecule has 160 valence electrons. The van der Waals surface area contributed by atoms with Crippen molar-refractivity contribution in [3.8, 4) is 6.07 Å². The molecular weight excluding hydrogens is 378 g/mol. The van der Waals surface area contributed by atoms with Crippen LogP contribution in [0.1, 0.15) is 76.8 Å². The fraction of sp³-hybridized carbons (Fsp3) is 0.720. The lowest BCUT2D eigenvalue weighted by Crippen LogP contribution is -2.47. The summed E-state index contributed by atoms with van der Waals surface area (Å²) < 4.78 is 0. The van der Waals surface area contributed by atoms with Gasteiger partial charge >= 0.3 is 0 Å². The van der Waals surface area contributed by atoms with Gasteiger partial charge < -0.3 is 4.90 Å². The first kappa shape index (κ1) is 22.4. The van der Waals surface area contributed by atoms with Crippen LogP contribution in [-0.4, -0.2) is 37.6 Å². The summed E-state index contributed by atoms with van der Waals surface area (Å²) in [5.41, 5.74) is 4.34. The lowest BCUT2D eigenvalue weighted by Gasteiger charge is -2.46. The molecule has 0 unspecified atom stereocenters. The highest BCUT2D eigenvalue weighted by Crippen LogP contribution is 2.53. The van der Waals surface area contributed by atoms with Gasteiger partial charge in [-0.2, -0.15) is 5.26 Å². The summed E-state index contributed by atoms with van der Waals surface area (Å²) in [6, 6.07) is 8.85. The van der Waals surface area contributed by atoms with Crippen molar-refractivity contribution in [1.29, 1.82) is 5.26 Å². The molecule has 3 aliphatic rings. The minimum absolute atomic E-state index is 0. The number of anilines is 1. The lowest BCUT2D eigenvalue weighted by atomic mass is 9.60. The van der Waals surface area contributed by atoms with Gasteiger partial charge in [-0.25, -0.2) is 0 Å². The monoisotopic (exact) mass is 415 g/mol. The van der Waals surface area contributed by atoms with Gasteiger partial charge in [-0.3, -0.25) is 4.90 Å². The summed E-state index contributed by atoms with van der Waals surface area (Å²) >= 11 is 0. The number of hydrogen-bond donors (Lipinski definition) is 0. The second-order valence-electron chi connectivity index (χ2n) is 11.2. The molecule has 3 fully saturated rings. The van der Waals surface area contributed by atoms with E-state index >= 15 is 0 Å². The predicted molar refractivity (Wildman–Crippen MR) is 124 cm³/mol. The molecule has 0 N–H and O–H groups in total. The Balaban J connectivity index is 0.00000240. The minimum atomic E-state index is 0. The number of rotatable bonds is 4. The molecule has 2 saturated carbocycles. The van der Waals surface area contributed by atoms with Gasteiger partial charge in [0.2, 0.25) is 0 Å². The molecule has 1 saturated heterocycles. The number of benzene rings is 1. The average molecular weight is 416 g/mol. The van der Waals surface area contributed by atoms with Crippen molar-refractivity contribution in [3.63, 3.8) is 0 Å². The third-order valence-corrected chi connectivity index (χ3v) is 7.08. The summed E-state index contributed by atoms with van der Waals surface area (Å²) in [6.07, 6.45) is 6.60. The average Bonchev–Trinajstić information content (AvgIpc) is 3.43. The Morgan fingerprint density at radius 1 is 1.00 bits per heavy atom. The Kier molecular flexibility index (Phi) is 6.56. The standard InChI is InChI=1S/C25H37N3.ClH/c1-24(2)14-21(15-25(3,4)18-24)22-13-20(16-26)7-8-23(22)28-11-9-27(10-12-28)17-19-5-6-19;/h7-8,13,19,21H,5-6,9-12,14-15,17-18H2,1-4H3;1H. The van der Waals surface area contributed by atoms with Crippen molar-refractivity contribution < 1.29 is 0 Å². The van der Waals surface area contributed by atoms with Gasteiger partial charge in [-0.15, -0.1) is 12.4 Å². The molecule has 29 heavy (non-hydrogen) atoms. The zero-order chi connectivity index (χ0) is 19.9. The molecule has 1 aromatic carbocycles. The molecule has 0 spiro atoms. The fourth-order valence-corrected chi connectivity index (χ4v) is 6.14. The van der Waals surface area contributed by atoms with Crippen molar-refractivity contribution in [2.24, 2.45) is 16.7 Å². The Hall–Kier alpha value is -1.24. The SMILES string of the molecule is CC1(C)CC(c2cc(C#N)ccc2N2CCN(CC3CC3)CC2)CC(C)(C)C1.Cl. The molecule has 0 atom stereocenters. The van der Waals surface area contributed by atoms with E-state index < -0.39 is 0 Å². The second kappa shape index (κ2) is 8.48. The molecular formula is C25H38ClN3. The third-order valence-electron chi connectivity index (χ3n) is 7.08. The number of hydrogen-bond acceptors (Lipinski definition) is 3. The Bertz CT molecular complexity index is 736. The molecule has 0 radical (unpaired) electrons. The summed E-state index contributed by atoms with van der Waals surface area (Å²) in [7, 11) is 0. The topological polar surface area (TPSA) is 30.3 Å². The third kappa shape index (κ3) is 5.47. The Labute approximate surface area is 183 Å². The number of nitrogens with zero attached hydrogens (tertiary/aromatic N) is 3. The van der Waals surface area contributed by atoms with Crippen LogP contribution in [0.2, 0.25) is 0 Å². The molecule has 0 amide bonds. The largest absolute Gasteiger partial charge is 0.369 e. The van der Waals surface area contributed by atoms with Crippen molar-refractivity contribution >= 4 is 18.1 Å². The van der Waals surface area contributed by atoms with Crippen LogP contribution in [0, 0.1) is 28.1 Å². The van der Waals surface area contributed by atoms with Crippen LogP contribution < -0.4 is 4.90 Å². The quantitative estimate of drug-likeness (QED) is 0.619. The van der Waals surface area contributed by atoms with E-state index in [1.165, 1.54) is 63.0 Å². The fourth-order valence-electron chi connectivity index (χ4n) is 6.14. The van der Waals surface area contributed by atoms with E-state index in [0.717, 1.165) is 24.6 Å². The van der Waals surface area contributed by atoms with Crippen molar-refractivity contribution in [2.75, 3.05) is 37.6 Å². The molecule has 0 aromatic heterocycles. The molecule has 0 bridgehead atoms. The highest BCUT2D eigenvalue weighted by Gasteiger charge is 2.40. The van der Waals surface area contributed by atoms with Gasteiger partial charge in [0.15, 0.2) is 0 Å². The normalized spacial score (nSPS) is 24.6. The van der Waals surface area contributed by atoms with E-state index in [0.29, 0.717) is 16.7 Å². The van der Waals surface area contributed by atoms with Crippen molar-refractivity contribution in [2.45, 2.75) is 65.7 Å². The first-order valence-electron chi connectivity index (χ1n) is 11.3. The van der Waals surface area contributed by atoms with Crippen molar-refractivity contribution in [1.82, 2.24) is 4.90 Å². The van der Waals surface area contributed by atoms with E-state index in [-0.39, 0.29) is 12.4 Å². The summed E-state index contributed by atoms with van der Waals surface area (Å²) in [6.45, 7) is 15.6. The molecule has 1 heterocycles. The predicted octanol–water partition coefficient (Wildman–Crippen LogP) is 5.83. The first-order chi connectivity index (χ1) is 13.2. The molecule has 2 aliphatic carbocycles. The van der Waals surface area contributed by atoms with E-state index in [9.17, 15) is 5.26 Å². The Morgan fingerprint density at radius 2 is 1.62 bits per heavy atom. The minimum Gasteiger partial charge on any atom is -0.369 e. The first-order valence-corrected chi connectivity index (χ1v) is 11.3. The smallest absolute Gasteiger partial charge is 0.0991 e. The van der Waals surface area contributed by atoms with Gasteiger partial charge in [-0.1, -0.05) is 27.7 Å². The second-order valence-corrected chi connectivity index (χ2v) is 11.2. The zero-order valence-electron chi connectivity index (χ0n) is 18.7. The molecule has 1 aromatic rings. The summed E-state index contributed by atoms with van der Waals surface area (Å²) in [5, 5.41) is 9.52. The summed E-state index contributed by atoms with van der Waals surface area (Å²) in [5.74, 6) is 1.52. The van der Waals surface area contributed by atoms with Crippen LogP contribution in [0.5, 0.6) is 0 Å². The number of halogens is 1. The summed E-state index contributed by atoms with van der Waals surface area (Å²) in [4.78, 5) is 5.25. The maximum atomic E-state index is 9.52. The van der Waals surface area contributed by atoms with Gasteiger partial charge in [-0.05, 0) is 78.5 Å². The lowest BCUT2D eigenvalue weighted by molar-refractivity contribution is 0.0969. The van der Waals surface area contributed by atoms with Crippen molar-refractivity contribution in [3.05, 3.63) is 29.3 Å². The van der Waals surface area contributed by atoms with Crippen LogP contribution in [0.25, 0.3) is 0 Å². The Morgan fingerprint density at radius 3 is 2.17 bits per heavy atom. The molecule has 4 heteroatoms. The number of piperazine rings is 1. The molecule has 4 rings (SSSR count). The zero-order valence-corrected chi connectivity index (χ0v) is 19.5. The van der Waals surface area contributed by atoms with E-state index in [1.54, 1.807) is 0 Å². The van der Waals surface area contributed by atoms with Gasteiger partial charge in [0.05, 0.1) is 11.6 Å². The molecule has 1 aliphatic heterocycles. The maximum absolute atomic E-state index is 9.52. The van der Waals surface area contributed by atoms with Crippen LogP contribution in [0.3, 0.4) is 0 Å². The number of nitriles is 1. The highest BCUT2D eigenvalue weighted by atomic mass is 35.5. The van der Waals surface area contributed by atoms with Gasteiger partial charge in [0.25, 0.3) is 0 Å². The van der Waals surface area contributed by atoms with E-state index in [1.807, 2.05) is 6.07 Å². The van der Waals surface area contributed by atoms with Crippen LogP contribution in [-0.2, 0) is 0 Å². The van der Waals surface area contributed by atoms with Crippen LogP contribution in [0.15, 0.2) is 18.2 Å². The maximum Gasteiger partial charge on any atom is 0.0991 e. The highest BCUT2D eigenvalue weighted by molar-refractivity contribution is 5.85. The molecule has 3 nitrogen and oxygen atoms in total. The van der Waals surface area contributed by atoms with Gasteiger partial charge in [0.1, 0.15) is 0 Å². The van der Waals surface area contributed by atoms with Crippen LogP contribution in [0.4, 0.5) is 5.69 Å². The van der Waals surface area contributed by atoms with E-state index in [2.05, 4.69) is 55.7 Å².